The van der Waals surface area contributed by atoms with Gasteiger partial charge in [0.15, 0.2) is 5.13 Å². The number of anilines is 1. The molecule has 19 heavy (non-hydrogen) atoms. The summed E-state index contributed by atoms with van der Waals surface area (Å²) in [7, 11) is 1.87. The van der Waals surface area contributed by atoms with E-state index in [0.717, 1.165) is 27.7 Å². The molecule has 0 bridgehead atoms. The van der Waals surface area contributed by atoms with Crippen LogP contribution in [0.5, 0.6) is 0 Å². The molecule has 2 aromatic rings. The average Bonchev–Trinajstić information content (AvgIpc) is 3.00. The molecular weight excluding hydrogens is 264 g/mol. The summed E-state index contributed by atoms with van der Waals surface area (Å²) in [4.78, 5) is 16.6. The normalized spacial score (nSPS) is 17.4. The average molecular weight is 278 g/mol. The van der Waals surface area contributed by atoms with Gasteiger partial charge in [-0.2, -0.15) is 5.10 Å². The van der Waals surface area contributed by atoms with Gasteiger partial charge in [-0.25, -0.2) is 4.98 Å². The van der Waals surface area contributed by atoms with Gasteiger partial charge in [-0.1, -0.05) is 0 Å². The summed E-state index contributed by atoms with van der Waals surface area (Å²) >= 11 is 1.56. The van der Waals surface area contributed by atoms with Crippen LogP contribution in [0.1, 0.15) is 28.5 Å². The number of hydrogen-bond donors (Lipinski definition) is 2. The number of carboxylic acids is 1. The Balaban J connectivity index is 1.70. The molecule has 7 heteroatoms. The molecule has 1 aliphatic carbocycles. The maximum atomic E-state index is 11.1. The van der Waals surface area contributed by atoms with Crippen molar-refractivity contribution in [2.75, 3.05) is 5.32 Å². The smallest absolute Gasteiger partial charge is 0.312 e. The van der Waals surface area contributed by atoms with Crippen LogP contribution in [-0.2, 0) is 24.8 Å². The van der Waals surface area contributed by atoms with Crippen LogP contribution in [0.4, 0.5) is 5.13 Å². The molecule has 0 spiro atoms. The predicted octanol–water partition coefficient (Wildman–Crippen LogP) is 1.60. The van der Waals surface area contributed by atoms with E-state index in [1.165, 1.54) is 0 Å². The lowest BCUT2D eigenvalue weighted by Gasteiger charge is -2.02. The van der Waals surface area contributed by atoms with E-state index in [4.69, 9.17) is 5.11 Å². The Morgan fingerprint density at radius 1 is 1.68 bits per heavy atom. The third-order valence-electron chi connectivity index (χ3n) is 3.22. The topological polar surface area (TPSA) is 80.0 Å². The molecule has 2 aromatic heterocycles. The molecule has 3 rings (SSSR count). The van der Waals surface area contributed by atoms with Crippen LogP contribution in [0, 0.1) is 0 Å². The first-order valence-electron chi connectivity index (χ1n) is 6.07. The number of thiazole rings is 1. The maximum Gasteiger partial charge on any atom is 0.312 e. The number of aliphatic carboxylic acids is 1. The summed E-state index contributed by atoms with van der Waals surface area (Å²) in [5, 5.41) is 17.2. The second-order valence-electron chi connectivity index (χ2n) is 4.63. The van der Waals surface area contributed by atoms with Crippen LogP contribution in [0.3, 0.4) is 0 Å². The zero-order chi connectivity index (χ0) is 13.4. The number of hydrogen-bond acceptors (Lipinski definition) is 5. The SMILES string of the molecule is Cn1cc(CNc2nc3c(s2)CCC3C(=O)O)cn1. The summed E-state index contributed by atoms with van der Waals surface area (Å²) < 4.78 is 1.75. The van der Waals surface area contributed by atoms with Gasteiger partial charge in [-0.15, -0.1) is 11.3 Å². The summed E-state index contributed by atoms with van der Waals surface area (Å²) in [5.41, 5.74) is 1.82. The van der Waals surface area contributed by atoms with E-state index in [-0.39, 0.29) is 0 Å². The van der Waals surface area contributed by atoms with Crippen molar-refractivity contribution in [3.8, 4) is 0 Å². The van der Waals surface area contributed by atoms with Crippen LogP contribution < -0.4 is 5.32 Å². The third-order valence-corrected chi connectivity index (χ3v) is 4.31. The molecule has 1 unspecified atom stereocenters. The largest absolute Gasteiger partial charge is 0.481 e. The number of aryl methyl sites for hydroxylation is 2. The molecule has 0 aromatic carbocycles. The Bertz CT molecular complexity index is 619. The fourth-order valence-corrected chi connectivity index (χ4v) is 3.32. The van der Waals surface area contributed by atoms with Crippen molar-refractivity contribution < 1.29 is 9.90 Å². The summed E-state index contributed by atoms with van der Waals surface area (Å²) in [6.45, 7) is 0.651. The van der Waals surface area contributed by atoms with Crippen LogP contribution >= 0.6 is 11.3 Å². The van der Waals surface area contributed by atoms with Crippen molar-refractivity contribution in [3.63, 3.8) is 0 Å². The van der Waals surface area contributed by atoms with E-state index in [9.17, 15) is 4.79 Å². The first-order chi connectivity index (χ1) is 9.13. The van der Waals surface area contributed by atoms with Crippen molar-refractivity contribution in [1.82, 2.24) is 14.8 Å². The molecule has 2 heterocycles. The number of nitrogens with zero attached hydrogens (tertiary/aromatic N) is 3. The van der Waals surface area contributed by atoms with E-state index < -0.39 is 11.9 Å². The van der Waals surface area contributed by atoms with E-state index >= 15 is 0 Å². The Morgan fingerprint density at radius 2 is 2.53 bits per heavy atom. The lowest BCUT2D eigenvalue weighted by Crippen LogP contribution is -2.09. The van der Waals surface area contributed by atoms with E-state index in [1.807, 2.05) is 13.2 Å². The molecule has 0 saturated heterocycles. The predicted molar refractivity (Wildman–Crippen MR) is 71.3 cm³/mol. The van der Waals surface area contributed by atoms with Crippen molar-refractivity contribution in [2.45, 2.75) is 25.3 Å². The minimum absolute atomic E-state index is 0.430. The van der Waals surface area contributed by atoms with Gasteiger partial charge in [0.25, 0.3) is 0 Å². The summed E-state index contributed by atoms with van der Waals surface area (Å²) in [5.74, 6) is -1.21. The van der Waals surface area contributed by atoms with E-state index in [0.29, 0.717) is 13.0 Å². The summed E-state index contributed by atoms with van der Waals surface area (Å²) in [6.07, 6.45) is 5.23. The highest BCUT2D eigenvalue weighted by Crippen LogP contribution is 2.38. The number of carboxylic acid groups (broad SMARTS) is 1. The highest BCUT2D eigenvalue weighted by Gasteiger charge is 2.32. The molecule has 100 valence electrons. The number of aromatic nitrogens is 3. The van der Waals surface area contributed by atoms with Crippen molar-refractivity contribution in [1.29, 1.82) is 0 Å². The van der Waals surface area contributed by atoms with Gasteiger partial charge in [0.05, 0.1) is 11.9 Å². The van der Waals surface area contributed by atoms with Gasteiger partial charge in [-0.3, -0.25) is 9.48 Å². The molecule has 1 atom stereocenters. The molecule has 0 saturated carbocycles. The standard InChI is InChI=1S/C12H14N4O2S/c1-16-6-7(5-14-16)4-13-12-15-10-8(11(17)18)2-3-9(10)19-12/h5-6,8H,2-4H2,1H3,(H,13,15)(H,17,18). The van der Waals surface area contributed by atoms with Crippen LogP contribution in [-0.4, -0.2) is 25.8 Å². The minimum atomic E-state index is -0.775. The lowest BCUT2D eigenvalue weighted by atomic mass is 10.1. The van der Waals surface area contributed by atoms with Crippen molar-refractivity contribution in [3.05, 3.63) is 28.5 Å². The van der Waals surface area contributed by atoms with Crippen LogP contribution in [0.2, 0.25) is 0 Å². The highest BCUT2D eigenvalue weighted by molar-refractivity contribution is 7.15. The fraction of sp³-hybridized carbons (Fsp3) is 0.417. The van der Waals surface area contributed by atoms with Crippen LogP contribution in [0.25, 0.3) is 0 Å². The van der Waals surface area contributed by atoms with E-state index in [1.54, 1.807) is 22.2 Å². The summed E-state index contributed by atoms with van der Waals surface area (Å²) in [6, 6.07) is 0. The van der Waals surface area contributed by atoms with Gasteiger partial charge in [0.2, 0.25) is 0 Å². The molecule has 0 aliphatic heterocycles. The maximum absolute atomic E-state index is 11.1. The Morgan fingerprint density at radius 3 is 3.21 bits per heavy atom. The number of nitrogens with one attached hydrogen (secondary N) is 1. The van der Waals surface area contributed by atoms with Gasteiger partial charge >= 0.3 is 5.97 Å². The number of carbonyl (C=O) groups is 1. The molecule has 2 N–H and O–H groups in total. The first-order valence-corrected chi connectivity index (χ1v) is 6.89. The Labute approximate surface area is 114 Å². The zero-order valence-electron chi connectivity index (χ0n) is 10.5. The number of rotatable bonds is 4. The third kappa shape index (κ3) is 2.33. The lowest BCUT2D eigenvalue weighted by molar-refractivity contribution is -0.138. The van der Waals surface area contributed by atoms with Crippen molar-refractivity contribution >= 4 is 22.4 Å². The Hall–Kier alpha value is -1.89. The highest BCUT2D eigenvalue weighted by atomic mass is 32.1. The van der Waals surface area contributed by atoms with Gasteiger partial charge in [0.1, 0.15) is 5.92 Å². The molecule has 1 aliphatic rings. The van der Waals surface area contributed by atoms with Gasteiger partial charge in [-0.05, 0) is 12.8 Å². The molecule has 0 amide bonds. The molecule has 0 radical (unpaired) electrons. The molecule has 0 fully saturated rings. The molecular formula is C12H14N4O2S. The monoisotopic (exact) mass is 278 g/mol. The van der Waals surface area contributed by atoms with Gasteiger partial charge in [0, 0.05) is 30.2 Å². The first kappa shape index (κ1) is 12.2. The van der Waals surface area contributed by atoms with Crippen LogP contribution in [0.15, 0.2) is 12.4 Å². The molecule has 6 nitrogen and oxygen atoms in total. The Kier molecular flexibility index (Phi) is 2.98. The second-order valence-corrected chi connectivity index (χ2v) is 5.72. The second kappa shape index (κ2) is 4.65. The van der Waals surface area contributed by atoms with E-state index in [2.05, 4.69) is 15.4 Å². The minimum Gasteiger partial charge on any atom is -0.481 e. The zero-order valence-corrected chi connectivity index (χ0v) is 11.3. The fourth-order valence-electron chi connectivity index (χ4n) is 2.28. The van der Waals surface area contributed by atoms with Gasteiger partial charge < -0.3 is 10.4 Å². The number of fused-ring (bicyclic) bond motifs is 1. The quantitative estimate of drug-likeness (QED) is 0.888. The van der Waals surface area contributed by atoms with Crippen molar-refractivity contribution in [2.24, 2.45) is 7.05 Å².